The maximum Gasteiger partial charge on any atom is 0.123 e. The zero-order valence-corrected chi connectivity index (χ0v) is 10.2. The monoisotopic (exact) mass is 279 g/mol. The van der Waals surface area contributed by atoms with Gasteiger partial charge in [0.2, 0.25) is 0 Å². The van der Waals surface area contributed by atoms with E-state index in [1.165, 1.54) is 17.1 Å². The van der Waals surface area contributed by atoms with Crippen molar-refractivity contribution in [2.24, 2.45) is 5.92 Å². The molecule has 0 aromatic carbocycles. The number of aromatic nitrogens is 1. The Morgan fingerprint density at radius 2 is 2.54 bits per heavy atom. The van der Waals surface area contributed by atoms with Crippen LogP contribution in [-0.4, -0.2) is 21.6 Å². The third kappa shape index (κ3) is 2.26. The van der Waals surface area contributed by atoms with Crippen LogP contribution in [0.2, 0.25) is 0 Å². The highest BCUT2D eigenvalue weighted by molar-refractivity contribution is 9.10. The Labute approximate surface area is 93.9 Å². The van der Waals surface area contributed by atoms with Crippen molar-refractivity contribution in [3.63, 3.8) is 0 Å². The molecule has 1 fully saturated rings. The van der Waals surface area contributed by atoms with Crippen LogP contribution >= 0.6 is 39.0 Å². The first-order valence-corrected chi connectivity index (χ1v) is 6.97. The molecule has 1 aromatic rings. The van der Waals surface area contributed by atoms with E-state index in [-0.39, 0.29) is 6.10 Å². The fraction of sp³-hybridized carbons (Fsp3) is 0.625. The van der Waals surface area contributed by atoms with Gasteiger partial charge in [0.1, 0.15) is 15.7 Å². The molecule has 1 saturated heterocycles. The van der Waals surface area contributed by atoms with Gasteiger partial charge in [0, 0.05) is 11.3 Å². The van der Waals surface area contributed by atoms with Gasteiger partial charge in [0.15, 0.2) is 0 Å². The van der Waals surface area contributed by atoms with Gasteiger partial charge in [-0.25, -0.2) is 4.98 Å². The van der Waals surface area contributed by atoms with E-state index in [2.05, 4.69) is 20.9 Å². The number of thiazole rings is 1. The molecule has 2 heterocycles. The van der Waals surface area contributed by atoms with E-state index in [4.69, 9.17) is 0 Å². The van der Waals surface area contributed by atoms with E-state index in [9.17, 15) is 5.11 Å². The lowest BCUT2D eigenvalue weighted by Crippen LogP contribution is -2.11. The lowest BCUT2D eigenvalue weighted by molar-refractivity contribution is 0.121. The van der Waals surface area contributed by atoms with Gasteiger partial charge < -0.3 is 5.11 Å². The first-order chi connectivity index (χ1) is 6.27. The molecule has 0 radical (unpaired) electrons. The summed E-state index contributed by atoms with van der Waals surface area (Å²) in [6.07, 6.45) is 0.759. The number of aliphatic hydroxyl groups excluding tert-OH is 1. The molecule has 2 unspecified atom stereocenters. The van der Waals surface area contributed by atoms with Gasteiger partial charge >= 0.3 is 0 Å². The Kier molecular flexibility index (Phi) is 3.29. The van der Waals surface area contributed by atoms with E-state index >= 15 is 0 Å². The zero-order valence-electron chi connectivity index (χ0n) is 6.94. The number of nitrogens with zero attached hydrogens (tertiary/aromatic N) is 1. The van der Waals surface area contributed by atoms with Gasteiger partial charge in [-0.15, -0.1) is 11.3 Å². The van der Waals surface area contributed by atoms with Gasteiger partial charge in [-0.2, -0.15) is 11.8 Å². The molecular weight excluding hydrogens is 270 g/mol. The Hall–Kier alpha value is 0.420. The molecule has 0 bridgehead atoms. The topological polar surface area (TPSA) is 33.1 Å². The molecule has 0 aliphatic carbocycles. The Morgan fingerprint density at radius 1 is 1.69 bits per heavy atom. The second kappa shape index (κ2) is 4.29. The largest absolute Gasteiger partial charge is 0.386 e. The molecule has 2 atom stereocenters. The summed E-state index contributed by atoms with van der Waals surface area (Å²) in [7, 11) is 0. The minimum atomic E-state index is -0.355. The molecule has 13 heavy (non-hydrogen) atoms. The maximum absolute atomic E-state index is 9.95. The molecule has 0 spiro atoms. The fourth-order valence-corrected chi connectivity index (χ4v) is 4.04. The Morgan fingerprint density at radius 3 is 3.08 bits per heavy atom. The number of halogens is 1. The normalized spacial score (nSPS) is 24.9. The maximum atomic E-state index is 9.95. The van der Waals surface area contributed by atoms with Crippen LogP contribution in [0.5, 0.6) is 0 Å². The first-order valence-electron chi connectivity index (χ1n) is 4.14. The van der Waals surface area contributed by atoms with Crippen molar-refractivity contribution < 1.29 is 5.11 Å². The number of rotatable bonds is 2. The molecule has 2 rings (SSSR count). The second-order valence-corrected chi connectivity index (χ2v) is 5.93. The van der Waals surface area contributed by atoms with Crippen molar-refractivity contribution in [3.05, 3.63) is 15.0 Å². The van der Waals surface area contributed by atoms with Gasteiger partial charge in [0.05, 0.1) is 0 Å². The highest BCUT2D eigenvalue weighted by atomic mass is 79.9. The van der Waals surface area contributed by atoms with Crippen molar-refractivity contribution in [3.8, 4) is 0 Å². The molecule has 2 nitrogen and oxygen atoms in total. The number of aliphatic hydroxyl groups is 1. The number of hydrogen-bond donors (Lipinski definition) is 1. The predicted octanol–water partition coefficient (Wildman–Crippen LogP) is 2.69. The standard InChI is InChI=1S/C8H10BrNOS2/c9-6-4-13-8(10-6)7(11)5-1-2-12-3-5/h4-5,7,11H,1-3H2. The predicted molar refractivity (Wildman–Crippen MR) is 60.2 cm³/mol. The Bertz CT molecular complexity index is 285. The summed E-state index contributed by atoms with van der Waals surface area (Å²) in [6, 6.07) is 0. The highest BCUT2D eigenvalue weighted by Gasteiger charge is 2.26. The summed E-state index contributed by atoms with van der Waals surface area (Å²) in [4.78, 5) is 4.23. The molecule has 1 aliphatic heterocycles. The van der Waals surface area contributed by atoms with Crippen molar-refractivity contribution >= 4 is 39.0 Å². The molecule has 1 N–H and O–H groups in total. The fourth-order valence-electron chi connectivity index (χ4n) is 1.41. The van der Waals surface area contributed by atoms with Crippen LogP contribution in [0.15, 0.2) is 9.98 Å². The smallest absolute Gasteiger partial charge is 0.123 e. The average Bonchev–Trinajstić information content (AvgIpc) is 2.72. The molecule has 1 aliphatic rings. The lowest BCUT2D eigenvalue weighted by Gasteiger charge is -2.13. The summed E-state index contributed by atoms with van der Waals surface area (Å²) in [5.41, 5.74) is 0. The van der Waals surface area contributed by atoms with Gasteiger partial charge in [-0.3, -0.25) is 0 Å². The van der Waals surface area contributed by atoms with E-state index in [0.29, 0.717) is 5.92 Å². The van der Waals surface area contributed by atoms with Gasteiger partial charge in [-0.1, -0.05) is 0 Å². The minimum absolute atomic E-state index is 0.355. The first kappa shape index (κ1) is 9.96. The van der Waals surface area contributed by atoms with Crippen molar-refractivity contribution in [1.29, 1.82) is 0 Å². The number of hydrogen-bond acceptors (Lipinski definition) is 4. The zero-order chi connectivity index (χ0) is 9.26. The minimum Gasteiger partial charge on any atom is -0.386 e. The van der Waals surface area contributed by atoms with Gasteiger partial charge in [-0.05, 0) is 33.9 Å². The quantitative estimate of drug-likeness (QED) is 0.904. The van der Waals surface area contributed by atoms with Crippen molar-refractivity contribution in [2.45, 2.75) is 12.5 Å². The number of thioether (sulfide) groups is 1. The van der Waals surface area contributed by atoms with Crippen LogP contribution in [-0.2, 0) is 0 Å². The lowest BCUT2D eigenvalue weighted by atomic mass is 10.0. The molecule has 0 saturated carbocycles. The summed E-state index contributed by atoms with van der Waals surface area (Å²) in [5, 5.41) is 12.7. The SMILES string of the molecule is OC(c1nc(Br)cs1)C1CCSC1. The molecular formula is C8H10BrNOS2. The second-order valence-electron chi connectivity index (χ2n) is 3.08. The van der Waals surface area contributed by atoms with Crippen molar-refractivity contribution in [1.82, 2.24) is 4.98 Å². The molecule has 1 aromatic heterocycles. The van der Waals surface area contributed by atoms with Crippen LogP contribution in [0.4, 0.5) is 0 Å². The molecule has 72 valence electrons. The highest BCUT2D eigenvalue weighted by Crippen LogP contribution is 2.35. The summed E-state index contributed by atoms with van der Waals surface area (Å²) < 4.78 is 0.831. The van der Waals surface area contributed by atoms with Crippen LogP contribution in [0.3, 0.4) is 0 Å². The van der Waals surface area contributed by atoms with E-state index in [0.717, 1.165) is 21.8 Å². The van der Waals surface area contributed by atoms with Crippen LogP contribution in [0.25, 0.3) is 0 Å². The molecule has 5 heteroatoms. The van der Waals surface area contributed by atoms with E-state index in [1.54, 1.807) is 0 Å². The van der Waals surface area contributed by atoms with Crippen LogP contribution in [0.1, 0.15) is 17.5 Å². The molecule has 0 amide bonds. The summed E-state index contributed by atoms with van der Waals surface area (Å²) in [6.45, 7) is 0. The van der Waals surface area contributed by atoms with Crippen LogP contribution < -0.4 is 0 Å². The summed E-state index contributed by atoms with van der Waals surface area (Å²) in [5.74, 6) is 2.65. The average molecular weight is 280 g/mol. The third-order valence-corrected chi connectivity index (χ3v) is 4.97. The van der Waals surface area contributed by atoms with E-state index < -0.39 is 0 Å². The Balaban J connectivity index is 2.07. The van der Waals surface area contributed by atoms with E-state index in [1.807, 2.05) is 17.1 Å². The summed E-state index contributed by atoms with van der Waals surface area (Å²) >= 11 is 6.74. The van der Waals surface area contributed by atoms with Crippen LogP contribution in [0, 0.1) is 5.92 Å². The third-order valence-electron chi connectivity index (χ3n) is 2.16. The van der Waals surface area contributed by atoms with Gasteiger partial charge in [0.25, 0.3) is 0 Å². The van der Waals surface area contributed by atoms with Crippen molar-refractivity contribution in [2.75, 3.05) is 11.5 Å².